The van der Waals surface area contributed by atoms with Crippen LogP contribution in [-0.4, -0.2) is 4.98 Å². The summed E-state index contributed by atoms with van der Waals surface area (Å²) in [4.78, 5) is 4.65. The maximum Gasteiger partial charge on any atom is 0.0465 e. The normalized spacial score (nSPS) is 15.4. The minimum atomic E-state index is 0.196. The molecule has 0 saturated carbocycles. The van der Waals surface area contributed by atoms with Gasteiger partial charge in [0.1, 0.15) is 0 Å². The van der Waals surface area contributed by atoms with E-state index in [9.17, 15) is 0 Å². The van der Waals surface area contributed by atoms with Crippen molar-refractivity contribution in [3.63, 3.8) is 0 Å². The Morgan fingerprint density at radius 1 is 1.11 bits per heavy atom. The highest BCUT2D eigenvalue weighted by Gasteiger charge is 2.31. The molecular weight excluding hydrogens is 218 g/mol. The SMILES string of the molecule is CCCc1ccnc(C(C)(CC)CC(C)(C)C)c1. The molecule has 102 valence electrons. The maximum atomic E-state index is 4.65. The van der Waals surface area contributed by atoms with Crippen LogP contribution in [0.15, 0.2) is 18.3 Å². The minimum Gasteiger partial charge on any atom is -0.261 e. The molecule has 1 heterocycles. The zero-order valence-corrected chi connectivity index (χ0v) is 13.0. The number of hydrogen-bond donors (Lipinski definition) is 0. The van der Waals surface area contributed by atoms with E-state index in [1.807, 2.05) is 6.20 Å². The fourth-order valence-corrected chi connectivity index (χ4v) is 2.82. The van der Waals surface area contributed by atoms with Gasteiger partial charge < -0.3 is 0 Å². The van der Waals surface area contributed by atoms with E-state index in [0.29, 0.717) is 5.41 Å². The molecule has 1 rings (SSSR count). The maximum absolute atomic E-state index is 4.65. The molecule has 18 heavy (non-hydrogen) atoms. The van der Waals surface area contributed by atoms with Gasteiger partial charge in [-0.2, -0.15) is 0 Å². The third kappa shape index (κ3) is 4.12. The smallest absolute Gasteiger partial charge is 0.0465 e. The molecule has 0 N–H and O–H groups in total. The Kier molecular flexibility index (Phi) is 4.95. The second-order valence-electron chi connectivity index (χ2n) is 6.95. The third-order valence-electron chi connectivity index (χ3n) is 3.68. The van der Waals surface area contributed by atoms with Gasteiger partial charge in [-0.1, -0.05) is 48.0 Å². The molecule has 1 unspecified atom stereocenters. The van der Waals surface area contributed by atoms with Gasteiger partial charge in [-0.3, -0.25) is 4.98 Å². The van der Waals surface area contributed by atoms with Gasteiger partial charge in [0, 0.05) is 17.3 Å². The summed E-state index contributed by atoms with van der Waals surface area (Å²) in [6.45, 7) is 13.8. The second kappa shape index (κ2) is 5.86. The molecule has 0 aliphatic heterocycles. The fourth-order valence-electron chi connectivity index (χ4n) is 2.82. The molecule has 0 fully saturated rings. The van der Waals surface area contributed by atoms with Crippen LogP contribution < -0.4 is 0 Å². The molecule has 0 amide bonds. The van der Waals surface area contributed by atoms with E-state index in [-0.39, 0.29) is 5.41 Å². The van der Waals surface area contributed by atoms with E-state index < -0.39 is 0 Å². The highest BCUT2D eigenvalue weighted by Crippen LogP contribution is 2.38. The van der Waals surface area contributed by atoms with Crippen LogP contribution in [0.4, 0.5) is 0 Å². The van der Waals surface area contributed by atoms with E-state index in [4.69, 9.17) is 0 Å². The first kappa shape index (κ1) is 15.2. The van der Waals surface area contributed by atoms with Gasteiger partial charge in [0.05, 0.1) is 0 Å². The Labute approximate surface area is 113 Å². The van der Waals surface area contributed by atoms with Crippen molar-refractivity contribution in [2.24, 2.45) is 5.41 Å². The topological polar surface area (TPSA) is 12.9 Å². The van der Waals surface area contributed by atoms with Gasteiger partial charge in [-0.15, -0.1) is 0 Å². The van der Waals surface area contributed by atoms with Gasteiger partial charge in [0.25, 0.3) is 0 Å². The molecule has 0 saturated heterocycles. The average Bonchev–Trinajstić information content (AvgIpc) is 2.27. The van der Waals surface area contributed by atoms with E-state index >= 15 is 0 Å². The minimum absolute atomic E-state index is 0.196. The highest BCUT2D eigenvalue weighted by atomic mass is 14.7. The van der Waals surface area contributed by atoms with Crippen molar-refractivity contribution in [2.45, 2.75) is 72.6 Å². The number of hydrogen-bond acceptors (Lipinski definition) is 1. The quantitative estimate of drug-likeness (QED) is 0.702. The Balaban J connectivity index is 3.03. The number of nitrogens with zero attached hydrogens (tertiary/aromatic N) is 1. The van der Waals surface area contributed by atoms with Crippen molar-refractivity contribution >= 4 is 0 Å². The molecule has 1 aromatic heterocycles. The van der Waals surface area contributed by atoms with Gasteiger partial charge in [-0.25, -0.2) is 0 Å². The van der Waals surface area contributed by atoms with Crippen LogP contribution in [0.3, 0.4) is 0 Å². The molecule has 0 aromatic carbocycles. The second-order valence-corrected chi connectivity index (χ2v) is 6.95. The highest BCUT2D eigenvalue weighted by molar-refractivity contribution is 5.23. The molecule has 0 radical (unpaired) electrons. The zero-order valence-electron chi connectivity index (χ0n) is 13.0. The summed E-state index contributed by atoms with van der Waals surface area (Å²) >= 11 is 0. The number of pyridine rings is 1. The number of aromatic nitrogens is 1. The lowest BCUT2D eigenvalue weighted by Crippen LogP contribution is -2.28. The first-order valence-corrected chi connectivity index (χ1v) is 7.26. The molecule has 1 nitrogen and oxygen atoms in total. The van der Waals surface area contributed by atoms with E-state index in [1.165, 1.54) is 24.1 Å². The van der Waals surface area contributed by atoms with Crippen molar-refractivity contribution in [2.75, 3.05) is 0 Å². The predicted molar refractivity (Wildman–Crippen MR) is 79.9 cm³/mol. The van der Waals surface area contributed by atoms with Gasteiger partial charge in [-0.05, 0) is 42.4 Å². The summed E-state index contributed by atoms with van der Waals surface area (Å²) in [6, 6.07) is 4.47. The van der Waals surface area contributed by atoms with Crippen LogP contribution >= 0.6 is 0 Å². The predicted octanol–water partition coefficient (Wildman–Crippen LogP) is 5.14. The summed E-state index contributed by atoms with van der Waals surface area (Å²) in [5, 5.41) is 0. The van der Waals surface area contributed by atoms with Crippen LogP contribution in [0.25, 0.3) is 0 Å². The van der Waals surface area contributed by atoms with Gasteiger partial charge in [0.2, 0.25) is 0 Å². The van der Waals surface area contributed by atoms with E-state index in [1.54, 1.807) is 0 Å². The molecule has 1 aromatic rings. The monoisotopic (exact) mass is 247 g/mol. The number of aryl methyl sites for hydroxylation is 1. The van der Waals surface area contributed by atoms with Crippen molar-refractivity contribution in [1.29, 1.82) is 0 Å². The summed E-state index contributed by atoms with van der Waals surface area (Å²) < 4.78 is 0. The zero-order chi connectivity index (χ0) is 13.8. The Morgan fingerprint density at radius 3 is 2.28 bits per heavy atom. The lowest BCUT2D eigenvalue weighted by Gasteiger charge is -2.34. The largest absolute Gasteiger partial charge is 0.261 e. The Morgan fingerprint density at radius 2 is 1.78 bits per heavy atom. The molecular formula is C17H29N. The molecule has 1 heteroatoms. The fraction of sp³-hybridized carbons (Fsp3) is 0.706. The van der Waals surface area contributed by atoms with Gasteiger partial charge >= 0.3 is 0 Å². The van der Waals surface area contributed by atoms with Crippen LogP contribution in [0.2, 0.25) is 0 Å². The standard InChI is InChI=1S/C17H29N/c1-7-9-14-10-11-18-15(12-14)17(6,8-2)13-16(3,4)5/h10-12H,7-9,13H2,1-6H3. The van der Waals surface area contributed by atoms with Crippen molar-refractivity contribution in [3.8, 4) is 0 Å². The summed E-state index contributed by atoms with van der Waals surface area (Å²) in [7, 11) is 0. The van der Waals surface area contributed by atoms with Crippen LogP contribution in [0, 0.1) is 5.41 Å². The summed E-state index contributed by atoms with van der Waals surface area (Å²) in [5.74, 6) is 0. The first-order valence-electron chi connectivity index (χ1n) is 7.26. The first-order chi connectivity index (χ1) is 8.30. The molecule has 0 aliphatic rings. The van der Waals surface area contributed by atoms with Crippen LogP contribution in [0.1, 0.15) is 72.1 Å². The van der Waals surface area contributed by atoms with Crippen molar-refractivity contribution in [3.05, 3.63) is 29.6 Å². The van der Waals surface area contributed by atoms with Gasteiger partial charge in [0.15, 0.2) is 0 Å². The van der Waals surface area contributed by atoms with E-state index in [0.717, 1.165) is 12.8 Å². The Bertz CT molecular complexity index is 375. The van der Waals surface area contributed by atoms with Crippen LogP contribution in [0.5, 0.6) is 0 Å². The van der Waals surface area contributed by atoms with Crippen LogP contribution in [-0.2, 0) is 11.8 Å². The lowest BCUT2D eigenvalue weighted by molar-refractivity contribution is 0.256. The summed E-state index contributed by atoms with van der Waals surface area (Å²) in [5.41, 5.74) is 3.23. The third-order valence-corrected chi connectivity index (χ3v) is 3.68. The molecule has 1 atom stereocenters. The lowest BCUT2D eigenvalue weighted by atomic mass is 9.71. The summed E-state index contributed by atoms with van der Waals surface area (Å²) in [6.07, 6.45) is 6.67. The molecule has 0 spiro atoms. The Hall–Kier alpha value is -0.850. The van der Waals surface area contributed by atoms with Crippen molar-refractivity contribution in [1.82, 2.24) is 4.98 Å². The number of rotatable bonds is 5. The molecule has 0 aliphatic carbocycles. The van der Waals surface area contributed by atoms with Crippen molar-refractivity contribution < 1.29 is 0 Å². The average molecular weight is 247 g/mol. The van der Waals surface area contributed by atoms with E-state index in [2.05, 4.69) is 58.7 Å². The molecule has 0 bridgehead atoms.